The lowest BCUT2D eigenvalue weighted by atomic mass is 10.2. The van der Waals surface area contributed by atoms with Crippen molar-refractivity contribution in [2.24, 2.45) is 0 Å². The van der Waals surface area contributed by atoms with Gasteiger partial charge in [-0.2, -0.15) is 5.10 Å². The Balaban J connectivity index is 1.67. The summed E-state index contributed by atoms with van der Waals surface area (Å²) >= 11 is 0. The van der Waals surface area contributed by atoms with Crippen LogP contribution in [0, 0.1) is 0 Å². The third-order valence-corrected chi connectivity index (χ3v) is 3.48. The van der Waals surface area contributed by atoms with Crippen molar-refractivity contribution in [1.29, 1.82) is 0 Å². The number of hydrogen-bond acceptors (Lipinski definition) is 4. The first-order valence-electron chi connectivity index (χ1n) is 7.55. The van der Waals surface area contributed by atoms with Crippen molar-refractivity contribution in [2.75, 3.05) is 5.32 Å². The molecule has 0 aromatic carbocycles. The van der Waals surface area contributed by atoms with Crippen LogP contribution in [0.2, 0.25) is 0 Å². The average Bonchev–Trinajstić information content (AvgIpc) is 3.11. The maximum atomic E-state index is 12.1. The van der Waals surface area contributed by atoms with Crippen LogP contribution in [0.4, 0.5) is 5.82 Å². The van der Waals surface area contributed by atoms with E-state index < -0.39 is 0 Å². The molecule has 0 saturated carbocycles. The highest BCUT2D eigenvalue weighted by Gasteiger charge is 2.11. The number of pyridine rings is 1. The molecule has 0 radical (unpaired) electrons. The highest BCUT2D eigenvalue weighted by Crippen LogP contribution is 2.08. The Hall–Kier alpha value is -2.90. The lowest BCUT2D eigenvalue weighted by Crippen LogP contribution is -2.28. The van der Waals surface area contributed by atoms with Gasteiger partial charge in [0.15, 0.2) is 11.5 Å². The molecule has 3 heterocycles. The van der Waals surface area contributed by atoms with E-state index in [0.29, 0.717) is 11.5 Å². The number of H-pyrrole nitrogens is 1. The molecule has 0 saturated heterocycles. The van der Waals surface area contributed by atoms with Crippen LogP contribution in [-0.2, 0) is 17.8 Å². The van der Waals surface area contributed by atoms with Crippen LogP contribution in [0.5, 0.6) is 0 Å². The number of unbranched alkanes of at least 4 members (excludes halogenated alkanes) is 1. The van der Waals surface area contributed by atoms with E-state index in [0.717, 1.165) is 29.6 Å². The van der Waals surface area contributed by atoms with Gasteiger partial charge in [-0.15, -0.1) is 5.10 Å². The molecule has 3 rings (SSSR count). The first-order valence-corrected chi connectivity index (χ1v) is 7.55. The summed E-state index contributed by atoms with van der Waals surface area (Å²) in [5.74, 6) is 0.113. The number of carbonyl (C=O) groups is 1. The molecule has 0 spiro atoms. The summed E-state index contributed by atoms with van der Waals surface area (Å²) in [6.07, 6.45) is 4.67. The predicted octanol–water partition coefficient (Wildman–Crippen LogP) is 1.20. The van der Waals surface area contributed by atoms with Gasteiger partial charge >= 0.3 is 5.69 Å². The van der Waals surface area contributed by atoms with E-state index in [1.807, 2.05) is 0 Å². The van der Waals surface area contributed by atoms with Crippen molar-refractivity contribution < 1.29 is 4.79 Å². The van der Waals surface area contributed by atoms with Gasteiger partial charge in [-0.3, -0.25) is 14.3 Å². The topological polar surface area (TPSA) is 97.1 Å². The number of aromatic nitrogens is 5. The monoisotopic (exact) mass is 314 g/mol. The molecule has 0 bridgehead atoms. The molecule has 0 atom stereocenters. The third kappa shape index (κ3) is 3.31. The number of rotatable bonds is 6. The molecular formula is C15H18N6O2. The Morgan fingerprint density at radius 3 is 3.04 bits per heavy atom. The van der Waals surface area contributed by atoms with E-state index in [9.17, 15) is 9.59 Å². The van der Waals surface area contributed by atoms with Crippen LogP contribution in [0.1, 0.15) is 25.5 Å². The summed E-state index contributed by atoms with van der Waals surface area (Å²) in [4.78, 5) is 24.2. The molecule has 1 amide bonds. The van der Waals surface area contributed by atoms with Gasteiger partial charge in [0.05, 0.1) is 0 Å². The summed E-state index contributed by atoms with van der Waals surface area (Å²) in [6.45, 7) is 1.96. The maximum Gasteiger partial charge on any atom is 0.350 e. The van der Waals surface area contributed by atoms with Gasteiger partial charge in [0, 0.05) is 18.0 Å². The zero-order valence-corrected chi connectivity index (χ0v) is 12.8. The van der Waals surface area contributed by atoms with Crippen LogP contribution in [0.15, 0.2) is 35.3 Å². The molecule has 0 aliphatic heterocycles. The highest BCUT2D eigenvalue weighted by atomic mass is 16.2. The smallest absolute Gasteiger partial charge is 0.308 e. The molecular weight excluding hydrogens is 296 g/mol. The summed E-state index contributed by atoms with van der Waals surface area (Å²) in [5.41, 5.74) is 1.14. The quantitative estimate of drug-likeness (QED) is 0.714. The second-order valence-corrected chi connectivity index (χ2v) is 5.30. The Bertz CT molecular complexity index is 875. The minimum atomic E-state index is -0.346. The van der Waals surface area contributed by atoms with Crippen LogP contribution < -0.4 is 11.0 Å². The standard InChI is InChI=1S/C15H18N6O2/c1-2-3-6-11-9-12(18-17-11)16-14(22)10-21-15(23)20-8-5-4-7-13(20)19-21/h4-5,7-9H,2-3,6,10H2,1H3,(H2,16,17,18,22). The van der Waals surface area contributed by atoms with Gasteiger partial charge in [0.2, 0.25) is 5.91 Å². The molecule has 3 aromatic heterocycles. The van der Waals surface area contributed by atoms with E-state index in [2.05, 4.69) is 27.5 Å². The minimum Gasteiger partial charge on any atom is -0.308 e. The molecule has 2 N–H and O–H groups in total. The zero-order valence-electron chi connectivity index (χ0n) is 12.8. The molecule has 0 aliphatic rings. The first-order chi connectivity index (χ1) is 11.2. The van der Waals surface area contributed by atoms with Crippen molar-refractivity contribution >= 4 is 17.4 Å². The number of aryl methyl sites for hydroxylation is 1. The molecule has 0 unspecified atom stereocenters. The second kappa shape index (κ2) is 6.47. The summed E-state index contributed by atoms with van der Waals surface area (Å²) in [6, 6.07) is 7.04. The Morgan fingerprint density at radius 2 is 2.26 bits per heavy atom. The molecule has 0 aliphatic carbocycles. The van der Waals surface area contributed by atoms with Gasteiger partial charge in [0.1, 0.15) is 6.54 Å². The first kappa shape index (κ1) is 15.0. The van der Waals surface area contributed by atoms with E-state index in [1.54, 1.807) is 30.5 Å². The lowest BCUT2D eigenvalue weighted by Gasteiger charge is -2.00. The number of amides is 1. The fourth-order valence-corrected chi connectivity index (χ4v) is 2.31. The second-order valence-electron chi connectivity index (χ2n) is 5.30. The Kier molecular flexibility index (Phi) is 4.22. The summed E-state index contributed by atoms with van der Waals surface area (Å²) in [7, 11) is 0. The van der Waals surface area contributed by atoms with Crippen molar-refractivity contribution in [1.82, 2.24) is 24.4 Å². The summed E-state index contributed by atoms with van der Waals surface area (Å²) < 4.78 is 2.53. The van der Waals surface area contributed by atoms with E-state index in [-0.39, 0.29) is 18.1 Å². The average molecular weight is 314 g/mol. The fraction of sp³-hybridized carbons (Fsp3) is 0.333. The van der Waals surface area contributed by atoms with Crippen LogP contribution in [0.25, 0.3) is 5.65 Å². The van der Waals surface area contributed by atoms with Crippen molar-refractivity contribution in [2.45, 2.75) is 32.7 Å². The largest absolute Gasteiger partial charge is 0.350 e. The van der Waals surface area contributed by atoms with Crippen molar-refractivity contribution in [3.8, 4) is 0 Å². The van der Waals surface area contributed by atoms with Gasteiger partial charge in [0.25, 0.3) is 0 Å². The highest BCUT2D eigenvalue weighted by molar-refractivity contribution is 5.89. The number of fused-ring (bicyclic) bond motifs is 1. The number of carbonyl (C=O) groups excluding carboxylic acids is 1. The number of hydrogen-bond donors (Lipinski definition) is 2. The maximum absolute atomic E-state index is 12.1. The van der Waals surface area contributed by atoms with Gasteiger partial charge < -0.3 is 5.32 Å². The fourth-order valence-electron chi connectivity index (χ4n) is 2.31. The minimum absolute atomic E-state index is 0.155. The Labute approximate surface area is 132 Å². The molecule has 3 aromatic rings. The number of nitrogens with zero attached hydrogens (tertiary/aromatic N) is 4. The number of nitrogens with one attached hydrogen (secondary N) is 2. The van der Waals surface area contributed by atoms with Crippen molar-refractivity contribution in [3.63, 3.8) is 0 Å². The SMILES string of the molecule is CCCCc1cc(NC(=O)Cn2nc3ccccn3c2=O)n[nH]1. The van der Waals surface area contributed by atoms with Gasteiger partial charge in [-0.05, 0) is 25.0 Å². The molecule has 120 valence electrons. The summed E-state index contributed by atoms with van der Waals surface area (Å²) in [5, 5.41) is 13.7. The van der Waals surface area contributed by atoms with Gasteiger partial charge in [-0.25, -0.2) is 9.48 Å². The van der Waals surface area contributed by atoms with E-state index in [1.165, 1.54) is 4.40 Å². The normalized spacial score (nSPS) is 11.0. The molecule has 8 heteroatoms. The molecule has 0 fully saturated rings. The van der Waals surface area contributed by atoms with Crippen molar-refractivity contribution in [3.05, 3.63) is 46.6 Å². The van der Waals surface area contributed by atoms with Crippen LogP contribution in [0.3, 0.4) is 0 Å². The molecule has 23 heavy (non-hydrogen) atoms. The number of aromatic amines is 1. The third-order valence-electron chi connectivity index (χ3n) is 3.48. The zero-order chi connectivity index (χ0) is 16.2. The predicted molar refractivity (Wildman–Crippen MR) is 85.3 cm³/mol. The van der Waals surface area contributed by atoms with Crippen LogP contribution in [-0.4, -0.2) is 30.3 Å². The van der Waals surface area contributed by atoms with E-state index in [4.69, 9.17) is 0 Å². The molecule has 8 nitrogen and oxygen atoms in total. The lowest BCUT2D eigenvalue weighted by molar-refractivity contribution is -0.117. The Morgan fingerprint density at radius 1 is 1.39 bits per heavy atom. The van der Waals surface area contributed by atoms with E-state index >= 15 is 0 Å². The number of anilines is 1. The van der Waals surface area contributed by atoms with Gasteiger partial charge in [-0.1, -0.05) is 19.4 Å². The van der Waals surface area contributed by atoms with Crippen LogP contribution >= 0.6 is 0 Å².